The second-order valence-electron chi connectivity index (χ2n) is 4.21. The number of hydrogen-bond acceptors (Lipinski definition) is 3. The van der Waals surface area contributed by atoms with Crippen LogP contribution in [-0.2, 0) is 11.2 Å². The lowest BCUT2D eigenvalue weighted by molar-refractivity contribution is -0.132. The summed E-state index contributed by atoms with van der Waals surface area (Å²) in [7, 11) is 0. The third-order valence-electron chi connectivity index (χ3n) is 2.92. The Bertz CT molecular complexity index is 440. The van der Waals surface area contributed by atoms with Crippen LogP contribution in [0.25, 0.3) is 0 Å². The van der Waals surface area contributed by atoms with E-state index in [-0.39, 0.29) is 12.5 Å². The minimum Gasteiger partial charge on any atom is -0.483 e. The van der Waals surface area contributed by atoms with E-state index in [4.69, 9.17) is 10.5 Å². The maximum Gasteiger partial charge on any atom is 0.260 e. The SMILES string of the molecule is C=CCc1cc(N)ccc1OCC(=O)N(CC)CC. The van der Waals surface area contributed by atoms with Crippen LogP contribution in [0.5, 0.6) is 5.75 Å². The number of benzene rings is 1. The Morgan fingerprint density at radius 3 is 2.68 bits per heavy atom. The molecule has 0 bridgehead atoms. The molecule has 0 heterocycles. The van der Waals surface area contributed by atoms with Crippen LogP contribution in [0, 0.1) is 0 Å². The maximum absolute atomic E-state index is 11.9. The average molecular weight is 262 g/mol. The Morgan fingerprint density at radius 1 is 1.42 bits per heavy atom. The van der Waals surface area contributed by atoms with Crippen LogP contribution in [0.2, 0.25) is 0 Å². The van der Waals surface area contributed by atoms with E-state index in [2.05, 4.69) is 6.58 Å². The van der Waals surface area contributed by atoms with Gasteiger partial charge in [-0.25, -0.2) is 0 Å². The predicted molar refractivity (Wildman–Crippen MR) is 78.2 cm³/mol. The van der Waals surface area contributed by atoms with Crippen LogP contribution in [0.3, 0.4) is 0 Å². The second kappa shape index (κ2) is 7.46. The van der Waals surface area contributed by atoms with E-state index in [0.29, 0.717) is 30.9 Å². The molecule has 0 radical (unpaired) electrons. The van der Waals surface area contributed by atoms with Gasteiger partial charge in [0.05, 0.1) is 0 Å². The minimum atomic E-state index is -0.00798. The summed E-state index contributed by atoms with van der Waals surface area (Å²) in [6, 6.07) is 5.41. The van der Waals surface area contributed by atoms with Crippen LogP contribution < -0.4 is 10.5 Å². The number of nitrogen functional groups attached to an aromatic ring is 1. The van der Waals surface area contributed by atoms with Crippen molar-refractivity contribution in [2.75, 3.05) is 25.4 Å². The number of carbonyl (C=O) groups excluding carboxylic acids is 1. The van der Waals surface area contributed by atoms with Gasteiger partial charge in [-0.3, -0.25) is 4.79 Å². The lowest BCUT2D eigenvalue weighted by atomic mass is 10.1. The fourth-order valence-electron chi connectivity index (χ4n) is 1.86. The molecular weight excluding hydrogens is 240 g/mol. The Hall–Kier alpha value is -1.97. The summed E-state index contributed by atoms with van der Waals surface area (Å²) in [5.41, 5.74) is 7.37. The van der Waals surface area contributed by atoms with E-state index in [1.165, 1.54) is 0 Å². The standard InChI is InChI=1S/C15H22N2O2/c1-4-7-12-10-13(16)8-9-14(12)19-11-15(18)17(5-2)6-3/h4,8-10H,1,5-7,11,16H2,2-3H3. The van der Waals surface area contributed by atoms with Gasteiger partial charge in [0, 0.05) is 18.8 Å². The van der Waals surface area contributed by atoms with Crippen molar-refractivity contribution < 1.29 is 9.53 Å². The molecule has 0 fully saturated rings. The summed E-state index contributed by atoms with van der Waals surface area (Å²) in [4.78, 5) is 13.6. The fourth-order valence-corrected chi connectivity index (χ4v) is 1.86. The van der Waals surface area contributed by atoms with E-state index in [0.717, 1.165) is 5.56 Å². The van der Waals surface area contributed by atoms with E-state index in [1.54, 1.807) is 23.1 Å². The molecule has 4 nitrogen and oxygen atoms in total. The number of nitrogens with zero attached hydrogens (tertiary/aromatic N) is 1. The quantitative estimate of drug-likeness (QED) is 0.605. The molecule has 0 aliphatic heterocycles. The number of nitrogens with two attached hydrogens (primary N) is 1. The van der Waals surface area contributed by atoms with E-state index < -0.39 is 0 Å². The predicted octanol–water partition coefficient (Wildman–Crippen LogP) is 2.24. The first-order valence-electron chi connectivity index (χ1n) is 6.52. The van der Waals surface area contributed by atoms with Gasteiger partial charge in [0.25, 0.3) is 5.91 Å². The molecule has 104 valence electrons. The Balaban J connectivity index is 2.71. The number of rotatable bonds is 7. The van der Waals surface area contributed by atoms with Gasteiger partial charge in [-0.1, -0.05) is 6.08 Å². The first kappa shape index (κ1) is 15.1. The lowest BCUT2D eigenvalue weighted by Crippen LogP contribution is -2.34. The zero-order valence-corrected chi connectivity index (χ0v) is 11.7. The van der Waals surface area contributed by atoms with E-state index >= 15 is 0 Å². The molecule has 0 spiro atoms. The number of allylic oxidation sites excluding steroid dienone is 1. The summed E-state index contributed by atoms with van der Waals surface area (Å²) < 4.78 is 5.60. The molecule has 0 unspecified atom stereocenters. The molecule has 0 aliphatic carbocycles. The molecule has 0 aromatic heterocycles. The lowest BCUT2D eigenvalue weighted by Gasteiger charge is -2.19. The largest absolute Gasteiger partial charge is 0.483 e. The average Bonchev–Trinajstić information content (AvgIpc) is 2.39. The van der Waals surface area contributed by atoms with Crippen LogP contribution >= 0.6 is 0 Å². The molecule has 0 aliphatic rings. The van der Waals surface area contributed by atoms with Crippen molar-refractivity contribution in [1.29, 1.82) is 0 Å². The van der Waals surface area contributed by atoms with Gasteiger partial charge >= 0.3 is 0 Å². The number of hydrogen-bond donors (Lipinski definition) is 1. The van der Waals surface area contributed by atoms with Crippen molar-refractivity contribution in [2.24, 2.45) is 0 Å². The summed E-state index contributed by atoms with van der Waals surface area (Å²) in [5, 5.41) is 0. The highest BCUT2D eigenvalue weighted by molar-refractivity contribution is 5.77. The van der Waals surface area contributed by atoms with Gasteiger partial charge in [0.15, 0.2) is 6.61 Å². The van der Waals surface area contributed by atoms with Crippen molar-refractivity contribution in [3.8, 4) is 5.75 Å². The third kappa shape index (κ3) is 4.32. The monoisotopic (exact) mass is 262 g/mol. The van der Waals surface area contributed by atoms with Crippen molar-refractivity contribution in [3.63, 3.8) is 0 Å². The summed E-state index contributed by atoms with van der Waals surface area (Å²) in [5.74, 6) is 0.681. The van der Waals surface area contributed by atoms with Crippen molar-refractivity contribution >= 4 is 11.6 Å². The van der Waals surface area contributed by atoms with Gasteiger partial charge in [-0.15, -0.1) is 6.58 Å². The molecule has 0 saturated carbocycles. The summed E-state index contributed by atoms with van der Waals surface area (Å²) in [6.07, 6.45) is 2.45. The van der Waals surface area contributed by atoms with Crippen molar-refractivity contribution in [1.82, 2.24) is 4.90 Å². The van der Waals surface area contributed by atoms with Crippen molar-refractivity contribution in [2.45, 2.75) is 20.3 Å². The molecule has 4 heteroatoms. The van der Waals surface area contributed by atoms with Gasteiger partial charge in [-0.05, 0) is 44.0 Å². The van der Waals surface area contributed by atoms with Gasteiger partial charge in [0.1, 0.15) is 5.75 Å². The number of carbonyl (C=O) groups is 1. The number of amides is 1. The molecule has 0 saturated heterocycles. The molecular formula is C15H22N2O2. The minimum absolute atomic E-state index is 0.00798. The van der Waals surface area contributed by atoms with Crippen LogP contribution in [0.15, 0.2) is 30.9 Å². The fraction of sp³-hybridized carbons (Fsp3) is 0.400. The third-order valence-corrected chi connectivity index (χ3v) is 2.92. The molecule has 1 aromatic rings. The topological polar surface area (TPSA) is 55.6 Å². The number of anilines is 1. The molecule has 19 heavy (non-hydrogen) atoms. The second-order valence-corrected chi connectivity index (χ2v) is 4.21. The maximum atomic E-state index is 11.9. The zero-order valence-electron chi connectivity index (χ0n) is 11.7. The summed E-state index contributed by atoms with van der Waals surface area (Å²) in [6.45, 7) is 9.05. The Labute approximate surface area is 114 Å². The van der Waals surface area contributed by atoms with Crippen LogP contribution in [0.1, 0.15) is 19.4 Å². The summed E-state index contributed by atoms with van der Waals surface area (Å²) >= 11 is 0. The molecule has 1 aromatic carbocycles. The number of ether oxygens (including phenoxy) is 1. The smallest absolute Gasteiger partial charge is 0.260 e. The van der Waals surface area contributed by atoms with Gasteiger partial charge < -0.3 is 15.4 Å². The highest BCUT2D eigenvalue weighted by Gasteiger charge is 2.11. The van der Waals surface area contributed by atoms with E-state index in [1.807, 2.05) is 19.9 Å². The Morgan fingerprint density at radius 2 is 2.11 bits per heavy atom. The first-order chi connectivity index (χ1) is 9.12. The molecule has 0 atom stereocenters. The molecule has 1 amide bonds. The normalized spacial score (nSPS) is 10.0. The highest BCUT2D eigenvalue weighted by Crippen LogP contribution is 2.22. The van der Waals surface area contributed by atoms with Crippen molar-refractivity contribution in [3.05, 3.63) is 36.4 Å². The van der Waals surface area contributed by atoms with Gasteiger partial charge in [-0.2, -0.15) is 0 Å². The molecule has 1 rings (SSSR count). The van der Waals surface area contributed by atoms with Crippen LogP contribution in [-0.4, -0.2) is 30.5 Å². The van der Waals surface area contributed by atoms with Gasteiger partial charge in [0.2, 0.25) is 0 Å². The van der Waals surface area contributed by atoms with E-state index in [9.17, 15) is 4.79 Å². The number of likely N-dealkylation sites (N-methyl/N-ethyl adjacent to an activating group) is 1. The van der Waals surface area contributed by atoms with Crippen LogP contribution in [0.4, 0.5) is 5.69 Å². The molecule has 2 N–H and O–H groups in total. The zero-order chi connectivity index (χ0) is 14.3. The Kier molecular flexibility index (Phi) is 5.93. The highest BCUT2D eigenvalue weighted by atomic mass is 16.5. The first-order valence-corrected chi connectivity index (χ1v) is 6.52.